The molecular formula is C25H23NO5S. The summed E-state index contributed by atoms with van der Waals surface area (Å²) in [7, 11) is 2.28. The molecule has 0 aliphatic carbocycles. The van der Waals surface area contributed by atoms with Crippen LogP contribution < -0.4 is 4.74 Å². The highest BCUT2D eigenvalue weighted by Gasteiger charge is 2.29. The first kappa shape index (κ1) is 21.8. The molecule has 6 nitrogen and oxygen atoms in total. The Hall–Kier alpha value is -3.39. The van der Waals surface area contributed by atoms with Crippen LogP contribution in [0.2, 0.25) is 0 Å². The van der Waals surface area contributed by atoms with Crippen molar-refractivity contribution in [2.75, 3.05) is 27.2 Å². The zero-order chi connectivity index (χ0) is 22.8. The number of phenols is 2. The number of ketones is 1. The Morgan fingerprint density at radius 1 is 0.969 bits per heavy atom. The van der Waals surface area contributed by atoms with Gasteiger partial charge in [-0.05, 0) is 85.5 Å². The van der Waals surface area contributed by atoms with Gasteiger partial charge in [0, 0.05) is 23.7 Å². The Bertz CT molecular complexity index is 1260. The van der Waals surface area contributed by atoms with Crippen molar-refractivity contribution < 1.29 is 24.3 Å². The first-order valence-corrected chi connectivity index (χ1v) is 11.2. The summed E-state index contributed by atoms with van der Waals surface area (Å²) < 4.78 is 19.4. The van der Waals surface area contributed by atoms with Crippen molar-refractivity contribution in [3.05, 3.63) is 77.9 Å². The van der Waals surface area contributed by atoms with Gasteiger partial charge >= 0.3 is 0 Å². The van der Waals surface area contributed by atoms with Gasteiger partial charge in [-0.2, -0.15) is 0 Å². The molecule has 1 unspecified atom stereocenters. The fraction of sp³-hybridized carbons (Fsp3) is 0.160. The Balaban J connectivity index is 1.77. The summed E-state index contributed by atoms with van der Waals surface area (Å²) in [5.74, 6) is 0.447. The summed E-state index contributed by atoms with van der Waals surface area (Å²) in [5, 5.41) is 20.1. The van der Waals surface area contributed by atoms with E-state index in [2.05, 4.69) is 0 Å². The van der Waals surface area contributed by atoms with Crippen molar-refractivity contribution in [3.63, 3.8) is 0 Å². The van der Waals surface area contributed by atoms with Crippen LogP contribution in [0.5, 0.6) is 17.2 Å². The van der Waals surface area contributed by atoms with Gasteiger partial charge in [-0.3, -0.25) is 4.79 Å². The van der Waals surface area contributed by atoms with E-state index in [1.807, 2.05) is 19.0 Å². The molecule has 4 aromatic rings. The molecular weight excluding hydrogens is 426 g/mol. The van der Waals surface area contributed by atoms with E-state index in [-0.39, 0.29) is 17.3 Å². The Labute approximate surface area is 188 Å². The molecule has 0 radical (unpaired) electrons. The van der Waals surface area contributed by atoms with Crippen LogP contribution in [-0.2, 0) is 0 Å². The predicted molar refractivity (Wildman–Crippen MR) is 125 cm³/mol. The third-order valence-corrected chi connectivity index (χ3v) is 6.67. The maximum atomic E-state index is 13.6. The maximum absolute atomic E-state index is 13.6. The lowest BCUT2D eigenvalue weighted by molar-refractivity contribution is 0.104. The van der Waals surface area contributed by atoms with Gasteiger partial charge in [-0.25, -0.2) is 0 Å². The van der Waals surface area contributed by atoms with Crippen molar-refractivity contribution in [2.45, 2.75) is 0 Å². The molecule has 1 heterocycles. The fourth-order valence-corrected chi connectivity index (χ4v) is 5.03. The van der Waals surface area contributed by atoms with E-state index in [0.717, 1.165) is 6.54 Å². The number of ether oxygens (including phenoxy) is 1. The molecule has 7 heteroatoms. The highest BCUT2D eigenvalue weighted by atomic mass is 32.2. The largest absolute Gasteiger partial charge is 0.590 e. The van der Waals surface area contributed by atoms with Crippen molar-refractivity contribution in [1.29, 1.82) is 0 Å². The number of fused-ring (bicyclic) bond motifs is 1. The number of rotatable bonds is 7. The number of aromatic hydroxyl groups is 2. The van der Waals surface area contributed by atoms with Crippen LogP contribution in [0.1, 0.15) is 15.9 Å². The molecule has 0 saturated heterocycles. The van der Waals surface area contributed by atoms with Gasteiger partial charge in [0.05, 0.1) is 10.9 Å². The van der Waals surface area contributed by atoms with E-state index in [1.165, 1.54) is 24.3 Å². The van der Waals surface area contributed by atoms with Crippen LogP contribution in [0.3, 0.4) is 0 Å². The minimum absolute atomic E-state index is 0.0184. The standard InChI is InChI=1S/C25H23NO5S/c1-26(2)13-14-31-20-10-5-16(6-11-20)24(29)23-21-12-9-19(28)15-22(21)32(30)25(23)17-3-7-18(27)8-4-17/h3-12,15,27-28H,13-14H2,1-2H3. The van der Waals surface area contributed by atoms with E-state index < -0.39 is 10.8 Å². The molecule has 0 fully saturated rings. The molecule has 1 atom stereocenters. The van der Waals surface area contributed by atoms with Gasteiger partial charge in [-0.1, -0.05) is 0 Å². The Kier molecular flexibility index (Phi) is 6.14. The molecule has 2 N–H and O–H groups in total. The van der Waals surface area contributed by atoms with E-state index in [0.29, 0.717) is 44.0 Å². The minimum Gasteiger partial charge on any atom is -0.590 e. The lowest BCUT2D eigenvalue weighted by atomic mass is 9.97. The highest BCUT2D eigenvalue weighted by Crippen LogP contribution is 2.46. The van der Waals surface area contributed by atoms with E-state index >= 15 is 0 Å². The van der Waals surface area contributed by atoms with Gasteiger partial charge in [0.2, 0.25) is 0 Å². The molecule has 4 rings (SSSR count). The number of nitrogens with zero attached hydrogens (tertiary/aromatic N) is 1. The minimum atomic E-state index is -1.65. The van der Waals surface area contributed by atoms with E-state index in [4.69, 9.17) is 4.74 Å². The van der Waals surface area contributed by atoms with Gasteiger partial charge in [0.25, 0.3) is 0 Å². The summed E-state index contributed by atoms with van der Waals surface area (Å²) in [4.78, 5) is 15.9. The molecule has 0 aliphatic heterocycles. The molecule has 0 spiro atoms. The second kappa shape index (κ2) is 9.00. The SMILES string of the molecule is CN(C)CCOc1ccc(C(=O)c2c(-c3ccc(O)cc3)[s+]([O-])c3cc(O)ccc23)cc1. The quantitative estimate of drug-likeness (QED) is 0.310. The summed E-state index contributed by atoms with van der Waals surface area (Å²) in [6.07, 6.45) is 0. The van der Waals surface area contributed by atoms with Gasteiger partial charge < -0.3 is 24.4 Å². The molecule has 0 aliphatic rings. The van der Waals surface area contributed by atoms with Crippen LogP contribution in [0, 0.1) is 0 Å². The number of phenolic OH excluding ortho intramolecular Hbond substituents is 2. The smallest absolute Gasteiger partial charge is 0.199 e. The lowest BCUT2D eigenvalue weighted by Gasteiger charge is -2.11. The number of benzene rings is 3. The number of carbonyl (C=O) groups is 1. The number of carbonyl (C=O) groups excluding carboxylic acids is 1. The van der Waals surface area contributed by atoms with Gasteiger partial charge in [-0.15, -0.1) is 0 Å². The average Bonchev–Trinajstić information content (AvgIpc) is 3.06. The maximum Gasteiger partial charge on any atom is 0.199 e. The summed E-state index contributed by atoms with van der Waals surface area (Å²) in [6, 6.07) is 17.6. The van der Waals surface area contributed by atoms with Crippen LogP contribution in [0.4, 0.5) is 0 Å². The first-order chi connectivity index (χ1) is 15.3. The second-order valence-electron chi connectivity index (χ2n) is 7.71. The zero-order valence-electron chi connectivity index (χ0n) is 17.7. The predicted octanol–water partition coefficient (Wildman–Crippen LogP) is 4.82. The van der Waals surface area contributed by atoms with Crippen molar-refractivity contribution in [3.8, 4) is 27.7 Å². The van der Waals surface area contributed by atoms with Crippen LogP contribution in [-0.4, -0.2) is 52.7 Å². The first-order valence-electron chi connectivity index (χ1n) is 10.1. The average molecular weight is 450 g/mol. The number of thiophene rings is 1. The van der Waals surface area contributed by atoms with Gasteiger partial charge in [0.15, 0.2) is 15.4 Å². The third kappa shape index (κ3) is 4.31. The molecule has 3 aromatic carbocycles. The second-order valence-corrected chi connectivity index (χ2v) is 9.09. The number of hydrogen-bond donors (Lipinski definition) is 2. The van der Waals surface area contributed by atoms with Crippen molar-refractivity contribution in [1.82, 2.24) is 4.90 Å². The molecule has 164 valence electrons. The topological polar surface area (TPSA) is 93.1 Å². The normalized spacial score (nSPS) is 11.8. The molecule has 0 bridgehead atoms. The van der Waals surface area contributed by atoms with Crippen molar-refractivity contribution >= 4 is 26.6 Å². The van der Waals surface area contributed by atoms with Crippen LogP contribution >= 0.6 is 10.8 Å². The monoisotopic (exact) mass is 449 g/mol. The fourth-order valence-electron chi connectivity index (χ4n) is 3.48. The van der Waals surface area contributed by atoms with Crippen LogP contribution in [0.15, 0.2) is 66.7 Å². The Morgan fingerprint density at radius 3 is 2.28 bits per heavy atom. The molecule has 1 aromatic heterocycles. The molecule has 0 amide bonds. The zero-order valence-corrected chi connectivity index (χ0v) is 18.6. The van der Waals surface area contributed by atoms with Gasteiger partial charge in [0.1, 0.15) is 23.9 Å². The number of hydrogen-bond acceptors (Lipinski definition) is 6. The lowest BCUT2D eigenvalue weighted by Crippen LogP contribution is -2.19. The summed E-state index contributed by atoms with van der Waals surface area (Å²) in [6.45, 7) is 1.31. The van der Waals surface area contributed by atoms with E-state index in [1.54, 1.807) is 42.5 Å². The summed E-state index contributed by atoms with van der Waals surface area (Å²) in [5.41, 5.74) is 1.34. The summed E-state index contributed by atoms with van der Waals surface area (Å²) >= 11 is 0. The van der Waals surface area contributed by atoms with E-state index in [9.17, 15) is 19.6 Å². The number of likely N-dealkylation sites (N-methyl/N-ethyl adjacent to an activating group) is 1. The van der Waals surface area contributed by atoms with Crippen molar-refractivity contribution in [2.24, 2.45) is 0 Å². The van der Waals surface area contributed by atoms with Crippen LogP contribution in [0.25, 0.3) is 20.5 Å². The third-order valence-electron chi connectivity index (χ3n) is 5.13. The molecule has 0 saturated carbocycles. The molecule has 32 heavy (non-hydrogen) atoms. The highest BCUT2D eigenvalue weighted by molar-refractivity contribution is 7.35. The Morgan fingerprint density at radius 2 is 1.62 bits per heavy atom.